The van der Waals surface area contributed by atoms with Crippen LogP contribution in [0.25, 0.3) is 0 Å². The Morgan fingerprint density at radius 2 is 2.18 bits per heavy atom. The molecule has 2 aliphatic carbocycles. The Hall–Kier alpha value is -0.700. The van der Waals surface area contributed by atoms with E-state index in [1.165, 1.54) is 25.0 Å². The van der Waals surface area contributed by atoms with Gasteiger partial charge in [0, 0.05) is 35.2 Å². The SMILES string of the molecule is CSC1CCCC1n1ccc2c1CCCC2=O. The summed E-state index contributed by atoms with van der Waals surface area (Å²) in [5.41, 5.74) is 2.32. The van der Waals surface area contributed by atoms with Gasteiger partial charge in [-0.15, -0.1) is 0 Å². The summed E-state index contributed by atoms with van der Waals surface area (Å²) in [6.07, 6.45) is 11.2. The Balaban J connectivity index is 1.96. The summed E-state index contributed by atoms with van der Waals surface area (Å²) in [5.74, 6) is 0.351. The summed E-state index contributed by atoms with van der Waals surface area (Å²) in [5, 5.41) is 0.739. The van der Waals surface area contributed by atoms with Crippen LogP contribution in [0.3, 0.4) is 0 Å². The standard InChI is InChI=1S/C14H19NOS/c1-17-14-7-3-5-12(14)15-9-8-10-11(15)4-2-6-13(10)16/h8-9,12,14H,2-7H2,1H3. The van der Waals surface area contributed by atoms with Gasteiger partial charge >= 0.3 is 0 Å². The van der Waals surface area contributed by atoms with Crippen LogP contribution < -0.4 is 0 Å². The molecule has 1 saturated carbocycles. The maximum Gasteiger partial charge on any atom is 0.164 e. The zero-order valence-corrected chi connectivity index (χ0v) is 11.1. The number of hydrogen-bond acceptors (Lipinski definition) is 2. The summed E-state index contributed by atoms with van der Waals surface area (Å²) >= 11 is 1.98. The van der Waals surface area contributed by atoms with E-state index in [0.29, 0.717) is 11.8 Å². The number of fused-ring (bicyclic) bond motifs is 1. The molecule has 3 heteroatoms. The number of carbonyl (C=O) groups is 1. The van der Waals surface area contributed by atoms with Crippen LogP contribution >= 0.6 is 11.8 Å². The number of ketones is 1. The van der Waals surface area contributed by atoms with E-state index in [1.54, 1.807) is 0 Å². The second-order valence-corrected chi connectivity index (χ2v) is 6.21. The lowest BCUT2D eigenvalue weighted by molar-refractivity contribution is 0.0971. The number of thioether (sulfide) groups is 1. The van der Waals surface area contributed by atoms with E-state index >= 15 is 0 Å². The molecule has 0 radical (unpaired) electrons. The lowest BCUT2D eigenvalue weighted by atomic mass is 9.96. The molecule has 2 aliphatic rings. The summed E-state index contributed by atoms with van der Waals surface area (Å²) in [6, 6.07) is 2.67. The minimum Gasteiger partial charge on any atom is -0.347 e. The molecule has 0 aliphatic heterocycles. The van der Waals surface area contributed by atoms with E-state index in [2.05, 4.69) is 17.0 Å². The number of carbonyl (C=O) groups excluding carboxylic acids is 1. The Bertz CT molecular complexity index is 437. The van der Waals surface area contributed by atoms with Crippen molar-refractivity contribution in [1.82, 2.24) is 4.57 Å². The van der Waals surface area contributed by atoms with E-state index in [0.717, 1.165) is 30.1 Å². The molecule has 1 aromatic rings. The Morgan fingerprint density at radius 1 is 1.29 bits per heavy atom. The highest BCUT2D eigenvalue weighted by Crippen LogP contribution is 2.39. The van der Waals surface area contributed by atoms with E-state index in [1.807, 2.05) is 17.8 Å². The van der Waals surface area contributed by atoms with E-state index in [4.69, 9.17) is 0 Å². The molecule has 17 heavy (non-hydrogen) atoms. The van der Waals surface area contributed by atoms with Crippen molar-refractivity contribution < 1.29 is 4.79 Å². The molecule has 2 nitrogen and oxygen atoms in total. The fourth-order valence-electron chi connectivity index (χ4n) is 3.36. The summed E-state index contributed by atoms with van der Waals surface area (Å²) < 4.78 is 2.42. The van der Waals surface area contributed by atoms with Crippen molar-refractivity contribution in [3.05, 3.63) is 23.5 Å². The normalized spacial score (nSPS) is 28.4. The van der Waals surface area contributed by atoms with E-state index in [-0.39, 0.29) is 0 Å². The molecule has 2 unspecified atom stereocenters. The first kappa shape index (κ1) is 11.4. The third-order valence-electron chi connectivity index (χ3n) is 4.22. The van der Waals surface area contributed by atoms with Crippen molar-refractivity contribution in [2.24, 2.45) is 0 Å². The maximum atomic E-state index is 11.8. The predicted octanol–water partition coefficient (Wildman–Crippen LogP) is 3.46. The van der Waals surface area contributed by atoms with Crippen LogP contribution in [-0.4, -0.2) is 21.9 Å². The zero-order valence-electron chi connectivity index (χ0n) is 10.3. The highest BCUT2D eigenvalue weighted by atomic mass is 32.2. The van der Waals surface area contributed by atoms with Gasteiger partial charge in [-0.1, -0.05) is 6.42 Å². The van der Waals surface area contributed by atoms with Gasteiger partial charge in [-0.05, 0) is 38.0 Å². The molecule has 0 spiro atoms. The second kappa shape index (κ2) is 4.52. The number of aromatic nitrogens is 1. The summed E-state index contributed by atoms with van der Waals surface area (Å²) in [4.78, 5) is 11.8. The molecular weight excluding hydrogens is 230 g/mol. The van der Waals surface area contributed by atoms with Crippen molar-refractivity contribution in [3.8, 4) is 0 Å². The van der Waals surface area contributed by atoms with Gasteiger partial charge in [0.05, 0.1) is 0 Å². The molecule has 0 N–H and O–H groups in total. The van der Waals surface area contributed by atoms with Crippen LogP contribution in [0.1, 0.15) is 54.2 Å². The molecule has 92 valence electrons. The molecular formula is C14H19NOS. The Kier molecular flexibility index (Phi) is 3.03. The largest absolute Gasteiger partial charge is 0.347 e. The number of Topliss-reactive ketones (excluding diaryl/α,β-unsaturated/α-hetero) is 1. The van der Waals surface area contributed by atoms with Gasteiger partial charge in [0.1, 0.15) is 0 Å². The molecule has 1 fully saturated rings. The lowest BCUT2D eigenvalue weighted by Gasteiger charge is -2.24. The highest BCUT2D eigenvalue weighted by Gasteiger charge is 2.31. The van der Waals surface area contributed by atoms with Crippen molar-refractivity contribution in [2.75, 3.05) is 6.26 Å². The van der Waals surface area contributed by atoms with Crippen LogP contribution in [0.4, 0.5) is 0 Å². The zero-order chi connectivity index (χ0) is 11.8. The molecule has 3 rings (SSSR count). The molecule has 0 amide bonds. The summed E-state index contributed by atoms with van der Waals surface area (Å²) in [6.45, 7) is 0. The summed E-state index contributed by atoms with van der Waals surface area (Å²) in [7, 11) is 0. The third-order valence-corrected chi connectivity index (χ3v) is 5.38. The topological polar surface area (TPSA) is 22.0 Å². The fraction of sp³-hybridized carbons (Fsp3) is 0.643. The molecule has 1 aromatic heterocycles. The van der Waals surface area contributed by atoms with E-state index < -0.39 is 0 Å². The van der Waals surface area contributed by atoms with E-state index in [9.17, 15) is 4.79 Å². The number of nitrogens with zero attached hydrogens (tertiary/aromatic N) is 1. The van der Waals surface area contributed by atoms with Gasteiger partial charge in [-0.3, -0.25) is 4.79 Å². The van der Waals surface area contributed by atoms with Crippen molar-refractivity contribution in [2.45, 2.75) is 49.8 Å². The van der Waals surface area contributed by atoms with Gasteiger partial charge in [-0.2, -0.15) is 11.8 Å². The number of hydrogen-bond donors (Lipinski definition) is 0. The van der Waals surface area contributed by atoms with Gasteiger partial charge in [-0.25, -0.2) is 0 Å². The first-order valence-corrected chi connectivity index (χ1v) is 7.85. The van der Waals surface area contributed by atoms with Crippen LogP contribution in [-0.2, 0) is 6.42 Å². The maximum absolute atomic E-state index is 11.8. The van der Waals surface area contributed by atoms with Crippen molar-refractivity contribution >= 4 is 17.5 Å². The quantitative estimate of drug-likeness (QED) is 0.800. The predicted molar refractivity (Wildman–Crippen MR) is 71.9 cm³/mol. The molecule has 0 aromatic carbocycles. The van der Waals surface area contributed by atoms with Gasteiger partial charge < -0.3 is 4.57 Å². The number of rotatable bonds is 2. The van der Waals surface area contributed by atoms with Crippen molar-refractivity contribution in [3.63, 3.8) is 0 Å². The van der Waals surface area contributed by atoms with Gasteiger partial charge in [0.15, 0.2) is 5.78 Å². The average molecular weight is 249 g/mol. The first-order chi connectivity index (χ1) is 8.31. The second-order valence-electron chi connectivity index (χ2n) is 5.13. The third kappa shape index (κ3) is 1.85. The van der Waals surface area contributed by atoms with Crippen LogP contribution in [0.15, 0.2) is 12.3 Å². The Morgan fingerprint density at radius 3 is 3.00 bits per heavy atom. The lowest BCUT2D eigenvalue weighted by Crippen LogP contribution is -2.20. The van der Waals surface area contributed by atoms with Crippen LogP contribution in [0, 0.1) is 0 Å². The van der Waals surface area contributed by atoms with Crippen LogP contribution in [0.2, 0.25) is 0 Å². The van der Waals surface area contributed by atoms with Gasteiger partial charge in [0.25, 0.3) is 0 Å². The van der Waals surface area contributed by atoms with Crippen LogP contribution in [0.5, 0.6) is 0 Å². The monoisotopic (exact) mass is 249 g/mol. The Labute approximate surface area is 107 Å². The molecule has 0 bridgehead atoms. The minimum atomic E-state index is 0.351. The minimum absolute atomic E-state index is 0.351. The van der Waals surface area contributed by atoms with Crippen molar-refractivity contribution in [1.29, 1.82) is 0 Å². The van der Waals surface area contributed by atoms with Gasteiger partial charge in [0.2, 0.25) is 0 Å². The average Bonchev–Trinajstić information content (AvgIpc) is 2.94. The molecule has 0 saturated heterocycles. The fourth-order valence-corrected chi connectivity index (χ4v) is 4.34. The highest BCUT2D eigenvalue weighted by molar-refractivity contribution is 7.99. The smallest absolute Gasteiger partial charge is 0.164 e. The molecule has 1 heterocycles. The molecule has 2 atom stereocenters. The first-order valence-electron chi connectivity index (χ1n) is 6.57.